The van der Waals surface area contributed by atoms with Crippen LogP contribution >= 0.6 is 0 Å². The molecule has 1 aromatic carbocycles. The number of rotatable bonds is 14. The molecule has 0 spiro atoms. The summed E-state index contributed by atoms with van der Waals surface area (Å²) in [4.78, 5) is 56.4. The summed E-state index contributed by atoms with van der Waals surface area (Å²) in [5.74, 6) is -0.106. The van der Waals surface area contributed by atoms with Crippen molar-refractivity contribution >= 4 is 29.6 Å². The van der Waals surface area contributed by atoms with E-state index in [9.17, 15) is 19.2 Å². The van der Waals surface area contributed by atoms with Crippen molar-refractivity contribution in [3.63, 3.8) is 0 Å². The molecule has 0 saturated carbocycles. The van der Waals surface area contributed by atoms with Crippen LogP contribution in [0, 0.1) is 5.92 Å². The second-order valence-corrected chi connectivity index (χ2v) is 10.8. The first-order chi connectivity index (χ1) is 18.7. The molecule has 0 aromatic heterocycles. The van der Waals surface area contributed by atoms with Gasteiger partial charge in [-0.25, -0.2) is 9.79 Å². The van der Waals surface area contributed by atoms with Gasteiger partial charge in [-0.3, -0.25) is 14.4 Å². The number of methoxy groups -OCH3 is 2. The molecule has 40 heavy (non-hydrogen) atoms. The number of carbonyl (C=O) groups is 4. The highest BCUT2D eigenvalue weighted by Crippen LogP contribution is 2.25. The topological polar surface area (TPSA) is 133 Å². The van der Waals surface area contributed by atoms with Gasteiger partial charge in [0.25, 0.3) is 5.91 Å². The summed E-state index contributed by atoms with van der Waals surface area (Å²) in [5.41, 5.74) is 0.252. The Labute approximate surface area is 237 Å². The summed E-state index contributed by atoms with van der Waals surface area (Å²) in [6, 6.07) is 4.39. The third-order valence-corrected chi connectivity index (χ3v) is 5.57. The molecule has 0 aliphatic heterocycles. The number of carbonyl (C=O) groups excluding carboxylic acids is 4. The van der Waals surface area contributed by atoms with E-state index in [1.807, 2.05) is 19.9 Å². The molecule has 11 nitrogen and oxygen atoms in total. The average Bonchev–Trinajstić information content (AvgIpc) is 2.85. The molecule has 0 aliphatic carbocycles. The van der Waals surface area contributed by atoms with E-state index in [0.717, 1.165) is 5.56 Å². The number of ether oxygens (including phenoxy) is 4. The molecular weight excluding hydrogens is 518 g/mol. The van der Waals surface area contributed by atoms with Crippen molar-refractivity contribution in [3.05, 3.63) is 23.8 Å². The summed E-state index contributed by atoms with van der Waals surface area (Å²) in [5, 5.41) is 2.59. The summed E-state index contributed by atoms with van der Waals surface area (Å²) in [6.07, 6.45) is -0.591. The molecule has 0 fully saturated rings. The molecule has 1 N–H and O–H groups in total. The van der Waals surface area contributed by atoms with Crippen LogP contribution < -0.4 is 14.8 Å². The fourth-order valence-corrected chi connectivity index (χ4v) is 3.71. The zero-order valence-corrected chi connectivity index (χ0v) is 25.3. The summed E-state index contributed by atoms with van der Waals surface area (Å²) in [7, 11) is 4.76. The van der Waals surface area contributed by atoms with Crippen molar-refractivity contribution < 1.29 is 38.1 Å². The molecular formula is C29H45N3O8. The molecule has 0 unspecified atom stereocenters. The van der Waals surface area contributed by atoms with Gasteiger partial charge in [-0.15, -0.1) is 0 Å². The Balaban J connectivity index is 3.05. The predicted octanol–water partition coefficient (Wildman–Crippen LogP) is 4.30. The lowest BCUT2D eigenvalue weighted by Gasteiger charge is -2.23. The van der Waals surface area contributed by atoms with Gasteiger partial charge in [0.15, 0.2) is 0 Å². The van der Waals surface area contributed by atoms with Crippen molar-refractivity contribution in [2.24, 2.45) is 10.9 Å². The second kappa shape index (κ2) is 16.5. The van der Waals surface area contributed by atoms with Gasteiger partial charge in [-0.1, -0.05) is 13.8 Å². The maximum absolute atomic E-state index is 13.1. The van der Waals surface area contributed by atoms with Crippen LogP contribution in [0.2, 0.25) is 0 Å². The van der Waals surface area contributed by atoms with Crippen molar-refractivity contribution in [2.75, 3.05) is 27.9 Å². The van der Waals surface area contributed by atoms with Gasteiger partial charge in [-0.2, -0.15) is 0 Å². The normalized spacial score (nSPS) is 12.4. The number of hydrogen-bond acceptors (Lipinski definition) is 8. The molecule has 0 radical (unpaired) electrons. The Morgan fingerprint density at radius 3 is 2.27 bits per heavy atom. The molecule has 1 atom stereocenters. The van der Waals surface area contributed by atoms with E-state index < -0.39 is 29.6 Å². The Hall–Kier alpha value is -3.63. The number of alkyl carbamates (subject to hydrolysis) is 1. The highest BCUT2D eigenvalue weighted by molar-refractivity contribution is 6.06. The lowest BCUT2D eigenvalue weighted by atomic mass is 10.0. The SMILES string of the molecule is CCOC(=O)CC(CCC(=O)N(C)Cc1ccc(OC)cc1OC)=NC(=O)[C@H](CC(C)C)NC(=O)OC(C)(C)C. The number of benzene rings is 1. The zero-order chi connectivity index (χ0) is 30.5. The number of esters is 1. The van der Waals surface area contributed by atoms with Crippen molar-refractivity contribution in [1.29, 1.82) is 0 Å². The lowest BCUT2D eigenvalue weighted by Crippen LogP contribution is -2.44. The number of nitrogens with one attached hydrogen (secondary N) is 1. The van der Waals surface area contributed by atoms with Crippen LogP contribution in [0.4, 0.5) is 4.79 Å². The highest BCUT2D eigenvalue weighted by Gasteiger charge is 2.26. The lowest BCUT2D eigenvalue weighted by molar-refractivity contribution is -0.141. The number of nitrogens with zero attached hydrogens (tertiary/aromatic N) is 2. The molecule has 1 rings (SSSR count). The summed E-state index contributed by atoms with van der Waals surface area (Å²) >= 11 is 0. The Bertz CT molecular complexity index is 1050. The van der Waals surface area contributed by atoms with E-state index in [0.29, 0.717) is 17.9 Å². The second-order valence-electron chi connectivity index (χ2n) is 10.8. The van der Waals surface area contributed by atoms with E-state index in [1.54, 1.807) is 61.1 Å². The van der Waals surface area contributed by atoms with Crippen LogP contribution in [0.1, 0.15) is 72.8 Å². The standard InChI is InChI=1S/C29H45N3O8/c1-10-39-26(34)16-21(30-27(35)23(15-19(2)3)31-28(36)40-29(4,5)6)12-14-25(33)32(7)18-20-11-13-22(37-8)17-24(20)38-9/h11,13,17,19,23H,10,12,14-16,18H2,1-9H3,(H,31,36)/t23-/m0/s1. The minimum absolute atomic E-state index is 0.00876. The van der Waals surface area contributed by atoms with Crippen LogP contribution in [0.15, 0.2) is 23.2 Å². The molecule has 0 saturated heterocycles. The van der Waals surface area contributed by atoms with Crippen LogP contribution in [0.5, 0.6) is 11.5 Å². The Kier molecular flexibility index (Phi) is 14.2. The van der Waals surface area contributed by atoms with Gasteiger partial charge in [0.1, 0.15) is 23.1 Å². The monoisotopic (exact) mass is 563 g/mol. The molecule has 224 valence electrons. The predicted molar refractivity (Wildman–Crippen MR) is 152 cm³/mol. The maximum atomic E-state index is 13.1. The van der Waals surface area contributed by atoms with Crippen molar-refractivity contribution in [3.8, 4) is 11.5 Å². The zero-order valence-electron chi connectivity index (χ0n) is 25.3. The number of aliphatic imine (C=N–C) groups is 1. The minimum atomic E-state index is -0.951. The van der Waals surface area contributed by atoms with Crippen molar-refractivity contribution in [2.45, 2.75) is 85.4 Å². The van der Waals surface area contributed by atoms with E-state index in [1.165, 1.54) is 4.90 Å². The smallest absolute Gasteiger partial charge is 0.408 e. The molecule has 0 bridgehead atoms. The first kappa shape index (κ1) is 34.4. The first-order valence-electron chi connectivity index (χ1n) is 13.4. The third kappa shape index (κ3) is 12.9. The summed E-state index contributed by atoms with van der Waals surface area (Å²) in [6.45, 7) is 11.1. The molecule has 1 aromatic rings. The van der Waals surface area contributed by atoms with Crippen LogP contribution in [-0.4, -0.2) is 74.0 Å². The largest absolute Gasteiger partial charge is 0.497 e. The minimum Gasteiger partial charge on any atom is -0.497 e. The van der Waals surface area contributed by atoms with E-state index in [-0.39, 0.29) is 50.0 Å². The van der Waals surface area contributed by atoms with Gasteiger partial charge in [0.2, 0.25) is 5.91 Å². The van der Waals surface area contributed by atoms with Crippen molar-refractivity contribution in [1.82, 2.24) is 10.2 Å². The van der Waals surface area contributed by atoms with Crippen LogP contribution in [-0.2, 0) is 30.4 Å². The number of hydrogen-bond donors (Lipinski definition) is 1. The average molecular weight is 564 g/mol. The fraction of sp³-hybridized carbons (Fsp3) is 0.621. The molecule has 0 heterocycles. The van der Waals surface area contributed by atoms with Gasteiger partial charge in [0.05, 0.1) is 27.2 Å². The Morgan fingerprint density at radius 1 is 1.05 bits per heavy atom. The molecule has 11 heteroatoms. The van der Waals surface area contributed by atoms with Crippen LogP contribution in [0.3, 0.4) is 0 Å². The molecule has 0 aliphatic rings. The first-order valence-corrected chi connectivity index (χ1v) is 13.4. The van der Waals surface area contributed by atoms with E-state index in [2.05, 4.69) is 10.3 Å². The van der Waals surface area contributed by atoms with E-state index >= 15 is 0 Å². The van der Waals surface area contributed by atoms with E-state index in [4.69, 9.17) is 18.9 Å². The van der Waals surface area contributed by atoms with Gasteiger partial charge >= 0.3 is 12.1 Å². The van der Waals surface area contributed by atoms with Gasteiger partial charge in [-0.05, 0) is 58.6 Å². The highest BCUT2D eigenvalue weighted by atomic mass is 16.6. The van der Waals surface area contributed by atoms with Gasteiger partial charge < -0.3 is 29.2 Å². The maximum Gasteiger partial charge on any atom is 0.408 e. The van der Waals surface area contributed by atoms with Crippen LogP contribution in [0.25, 0.3) is 0 Å². The fourth-order valence-electron chi connectivity index (χ4n) is 3.71. The van der Waals surface area contributed by atoms with Gasteiger partial charge in [0, 0.05) is 37.4 Å². The molecule has 3 amide bonds. The number of amides is 3. The quantitative estimate of drug-likeness (QED) is 0.262. The summed E-state index contributed by atoms with van der Waals surface area (Å²) < 4.78 is 21.0. The third-order valence-electron chi connectivity index (χ3n) is 5.57. The Morgan fingerprint density at radius 2 is 1.73 bits per heavy atom.